The molecule has 0 unspecified atom stereocenters. The van der Waals surface area contributed by atoms with Gasteiger partial charge in [0.15, 0.2) is 0 Å². The molecule has 0 spiro atoms. The highest BCUT2D eigenvalue weighted by Crippen LogP contribution is 2.25. The van der Waals surface area contributed by atoms with Crippen LogP contribution >= 0.6 is 0 Å². The predicted molar refractivity (Wildman–Crippen MR) is 70.0 cm³/mol. The SMILES string of the molecule is CC(C)CCC(C)(C)N(C)S(=O)(=O)C(C)C. The van der Waals surface area contributed by atoms with Crippen LogP contribution in [0.4, 0.5) is 0 Å². The predicted octanol–water partition coefficient (Wildman–Crippen LogP) is 2.87. The summed E-state index contributed by atoms with van der Waals surface area (Å²) in [5.41, 5.74) is -0.298. The number of nitrogens with zero attached hydrogens (tertiary/aromatic N) is 1. The van der Waals surface area contributed by atoms with Crippen LogP contribution in [0.3, 0.4) is 0 Å². The summed E-state index contributed by atoms with van der Waals surface area (Å²) >= 11 is 0. The molecule has 0 aliphatic rings. The first-order chi connectivity index (χ1) is 7.01. The highest BCUT2D eigenvalue weighted by atomic mass is 32.2. The topological polar surface area (TPSA) is 37.4 Å². The van der Waals surface area contributed by atoms with Gasteiger partial charge in [0, 0.05) is 12.6 Å². The Morgan fingerprint density at radius 3 is 1.88 bits per heavy atom. The van der Waals surface area contributed by atoms with Crippen molar-refractivity contribution in [3.63, 3.8) is 0 Å². The Morgan fingerprint density at radius 2 is 1.56 bits per heavy atom. The molecule has 0 aromatic rings. The van der Waals surface area contributed by atoms with Crippen LogP contribution in [0.1, 0.15) is 54.4 Å². The lowest BCUT2D eigenvalue weighted by Gasteiger charge is -2.36. The molecule has 0 N–H and O–H groups in total. The van der Waals surface area contributed by atoms with Crippen molar-refractivity contribution >= 4 is 10.0 Å². The molecule has 0 radical (unpaired) electrons. The molecule has 0 heterocycles. The van der Waals surface area contributed by atoms with E-state index < -0.39 is 10.0 Å². The van der Waals surface area contributed by atoms with E-state index in [1.54, 1.807) is 20.9 Å². The second kappa shape index (κ2) is 5.50. The van der Waals surface area contributed by atoms with Crippen LogP contribution < -0.4 is 0 Å². The molecule has 0 saturated heterocycles. The summed E-state index contributed by atoms with van der Waals surface area (Å²) in [5.74, 6) is 0.606. The van der Waals surface area contributed by atoms with E-state index in [1.165, 1.54) is 4.31 Å². The molecule has 0 bridgehead atoms. The Bertz CT molecular complexity index is 305. The normalized spacial score (nSPS) is 14.1. The quantitative estimate of drug-likeness (QED) is 0.726. The minimum Gasteiger partial charge on any atom is -0.212 e. The first kappa shape index (κ1) is 15.9. The van der Waals surface area contributed by atoms with E-state index in [4.69, 9.17) is 0 Å². The van der Waals surface area contributed by atoms with Crippen molar-refractivity contribution in [2.45, 2.75) is 65.2 Å². The van der Waals surface area contributed by atoms with Gasteiger partial charge in [-0.3, -0.25) is 0 Å². The Morgan fingerprint density at radius 1 is 1.12 bits per heavy atom. The summed E-state index contributed by atoms with van der Waals surface area (Å²) in [4.78, 5) is 0. The fourth-order valence-corrected chi connectivity index (χ4v) is 2.87. The molecule has 0 aliphatic heterocycles. The average molecular weight is 249 g/mol. The fourth-order valence-electron chi connectivity index (χ4n) is 1.46. The van der Waals surface area contributed by atoms with E-state index in [0.717, 1.165) is 12.8 Å². The van der Waals surface area contributed by atoms with Gasteiger partial charge in [0.25, 0.3) is 0 Å². The average Bonchev–Trinajstić information content (AvgIpc) is 2.13. The number of rotatable bonds is 6. The monoisotopic (exact) mass is 249 g/mol. The molecule has 0 fully saturated rings. The van der Waals surface area contributed by atoms with Gasteiger partial charge in [-0.25, -0.2) is 8.42 Å². The maximum atomic E-state index is 12.0. The Labute approximate surface area is 101 Å². The molecular formula is C12H27NO2S. The number of hydrogen-bond donors (Lipinski definition) is 0. The van der Waals surface area contributed by atoms with E-state index in [0.29, 0.717) is 5.92 Å². The zero-order valence-corrected chi connectivity index (χ0v) is 12.6. The molecular weight excluding hydrogens is 222 g/mol. The molecule has 98 valence electrons. The van der Waals surface area contributed by atoms with Crippen molar-refractivity contribution in [1.29, 1.82) is 0 Å². The summed E-state index contributed by atoms with van der Waals surface area (Å²) in [6, 6.07) is 0. The summed E-state index contributed by atoms with van der Waals surface area (Å²) in [6.07, 6.45) is 1.94. The molecule has 3 nitrogen and oxygen atoms in total. The van der Waals surface area contributed by atoms with E-state index in [-0.39, 0.29) is 10.8 Å². The molecule has 16 heavy (non-hydrogen) atoms. The zero-order valence-electron chi connectivity index (χ0n) is 11.7. The van der Waals surface area contributed by atoms with E-state index in [1.807, 2.05) is 13.8 Å². The lowest BCUT2D eigenvalue weighted by atomic mass is 9.94. The zero-order chi connectivity index (χ0) is 13.1. The summed E-state index contributed by atoms with van der Waals surface area (Å²) in [7, 11) is -1.46. The van der Waals surface area contributed by atoms with Crippen molar-refractivity contribution in [2.24, 2.45) is 5.92 Å². The van der Waals surface area contributed by atoms with Gasteiger partial charge in [0.05, 0.1) is 5.25 Å². The van der Waals surface area contributed by atoms with Gasteiger partial charge in [0.1, 0.15) is 0 Å². The minimum atomic E-state index is -3.15. The summed E-state index contributed by atoms with van der Waals surface area (Å²) in [5, 5.41) is -0.351. The lowest BCUT2D eigenvalue weighted by Crippen LogP contribution is -2.47. The number of hydrogen-bond acceptors (Lipinski definition) is 2. The van der Waals surface area contributed by atoms with Gasteiger partial charge in [-0.05, 0) is 46.5 Å². The Hall–Kier alpha value is -0.0900. The second-order valence-corrected chi connectivity index (χ2v) is 8.33. The van der Waals surface area contributed by atoms with Gasteiger partial charge < -0.3 is 0 Å². The van der Waals surface area contributed by atoms with Crippen LogP contribution in [0.15, 0.2) is 0 Å². The van der Waals surface area contributed by atoms with Crippen molar-refractivity contribution in [3.05, 3.63) is 0 Å². The first-order valence-electron chi connectivity index (χ1n) is 5.99. The number of sulfonamides is 1. The second-order valence-electron chi connectivity index (χ2n) is 5.81. The molecule has 4 heteroatoms. The molecule has 0 rings (SSSR count). The Balaban J connectivity index is 4.76. The summed E-state index contributed by atoms with van der Waals surface area (Å²) < 4.78 is 25.6. The third-order valence-electron chi connectivity index (χ3n) is 3.16. The van der Waals surface area contributed by atoms with E-state index >= 15 is 0 Å². The lowest BCUT2D eigenvalue weighted by molar-refractivity contribution is 0.232. The van der Waals surface area contributed by atoms with E-state index in [9.17, 15) is 8.42 Å². The highest BCUT2D eigenvalue weighted by Gasteiger charge is 2.34. The van der Waals surface area contributed by atoms with Gasteiger partial charge in [0.2, 0.25) is 10.0 Å². The van der Waals surface area contributed by atoms with Gasteiger partial charge in [-0.15, -0.1) is 0 Å². The highest BCUT2D eigenvalue weighted by molar-refractivity contribution is 7.89. The smallest absolute Gasteiger partial charge is 0.212 e. The van der Waals surface area contributed by atoms with Crippen LogP contribution in [-0.4, -0.2) is 30.6 Å². The maximum absolute atomic E-state index is 12.0. The van der Waals surface area contributed by atoms with Crippen LogP contribution in [0.5, 0.6) is 0 Å². The third-order valence-corrected chi connectivity index (χ3v) is 5.61. The van der Waals surface area contributed by atoms with Crippen molar-refractivity contribution in [3.8, 4) is 0 Å². The maximum Gasteiger partial charge on any atom is 0.216 e. The largest absolute Gasteiger partial charge is 0.216 e. The Kier molecular flexibility index (Phi) is 5.47. The molecule has 0 aromatic carbocycles. The molecule has 0 amide bonds. The van der Waals surface area contributed by atoms with Gasteiger partial charge in [-0.2, -0.15) is 4.31 Å². The van der Waals surface area contributed by atoms with E-state index in [2.05, 4.69) is 13.8 Å². The summed E-state index contributed by atoms with van der Waals surface area (Å²) in [6.45, 7) is 11.8. The molecule has 0 aliphatic carbocycles. The van der Waals surface area contributed by atoms with Crippen molar-refractivity contribution < 1.29 is 8.42 Å². The third kappa shape index (κ3) is 4.06. The fraction of sp³-hybridized carbons (Fsp3) is 1.00. The molecule has 0 aromatic heterocycles. The molecule has 0 saturated carbocycles. The first-order valence-corrected chi connectivity index (χ1v) is 7.50. The molecule has 0 atom stereocenters. The van der Waals surface area contributed by atoms with Crippen LogP contribution in [0.2, 0.25) is 0 Å². The van der Waals surface area contributed by atoms with Crippen molar-refractivity contribution in [1.82, 2.24) is 4.31 Å². The minimum absolute atomic E-state index is 0.298. The standard InChI is InChI=1S/C12H27NO2S/c1-10(2)8-9-12(5,6)13(7)16(14,15)11(3)4/h10-11H,8-9H2,1-7H3. The van der Waals surface area contributed by atoms with Crippen LogP contribution in [-0.2, 0) is 10.0 Å². The van der Waals surface area contributed by atoms with Gasteiger partial charge >= 0.3 is 0 Å². The van der Waals surface area contributed by atoms with Crippen LogP contribution in [0, 0.1) is 5.92 Å². The van der Waals surface area contributed by atoms with Crippen LogP contribution in [0.25, 0.3) is 0 Å². The van der Waals surface area contributed by atoms with Crippen molar-refractivity contribution in [2.75, 3.05) is 7.05 Å². The van der Waals surface area contributed by atoms with Gasteiger partial charge in [-0.1, -0.05) is 13.8 Å².